The minimum Gasteiger partial charge on any atom is -0.312 e. The molecule has 1 saturated carbocycles. The first-order valence-electron chi connectivity index (χ1n) is 6.25. The third-order valence-corrected chi connectivity index (χ3v) is 3.81. The predicted octanol–water partition coefficient (Wildman–Crippen LogP) is 1.72. The van der Waals surface area contributed by atoms with Gasteiger partial charge in [-0.2, -0.15) is 0 Å². The van der Waals surface area contributed by atoms with Crippen molar-refractivity contribution >= 4 is 0 Å². The van der Waals surface area contributed by atoms with E-state index in [0.717, 1.165) is 17.9 Å². The molecule has 0 radical (unpaired) electrons. The van der Waals surface area contributed by atoms with Crippen molar-refractivity contribution in [1.29, 1.82) is 0 Å². The Morgan fingerprint density at radius 2 is 2.00 bits per heavy atom. The van der Waals surface area contributed by atoms with E-state index in [2.05, 4.69) is 24.1 Å². The lowest BCUT2D eigenvalue weighted by Crippen LogP contribution is -2.40. The minimum absolute atomic E-state index is 0.758. The molecular formula is C12H24N2. The molecule has 1 heterocycles. The summed E-state index contributed by atoms with van der Waals surface area (Å²) in [7, 11) is 0. The van der Waals surface area contributed by atoms with Crippen LogP contribution in [0.5, 0.6) is 0 Å². The number of nitrogens with zero attached hydrogens (tertiary/aromatic N) is 1. The molecule has 14 heavy (non-hydrogen) atoms. The number of rotatable bonds is 5. The second-order valence-corrected chi connectivity index (χ2v) is 5.12. The fourth-order valence-corrected chi connectivity index (χ4v) is 2.42. The van der Waals surface area contributed by atoms with Crippen LogP contribution >= 0.6 is 0 Å². The van der Waals surface area contributed by atoms with Crippen molar-refractivity contribution < 1.29 is 0 Å². The Hall–Kier alpha value is -0.0800. The maximum atomic E-state index is 3.62. The molecular weight excluding hydrogens is 172 g/mol. The van der Waals surface area contributed by atoms with E-state index in [4.69, 9.17) is 0 Å². The number of hydrogen-bond acceptors (Lipinski definition) is 2. The first-order valence-corrected chi connectivity index (χ1v) is 6.25. The Morgan fingerprint density at radius 1 is 1.21 bits per heavy atom. The van der Waals surface area contributed by atoms with Crippen LogP contribution in [-0.4, -0.2) is 37.1 Å². The van der Waals surface area contributed by atoms with Crippen LogP contribution in [0, 0.1) is 11.8 Å². The minimum atomic E-state index is 0.758. The number of hydrogen-bond donors (Lipinski definition) is 1. The van der Waals surface area contributed by atoms with E-state index < -0.39 is 0 Å². The van der Waals surface area contributed by atoms with Crippen LogP contribution < -0.4 is 5.32 Å². The molecule has 0 aromatic carbocycles. The van der Waals surface area contributed by atoms with E-state index >= 15 is 0 Å². The molecule has 0 aromatic heterocycles. The van der Waals surface area contributed by atoms with Gasteiger partial charge in [-0.15, -0.1) is 0 Å². The molecule has 0 spiro atoms. The number of likely N-dealkylation sites (N-methyl/N-ethyl adjacent to an activating group) is 1. The van der Waals surface area contributed by atoms with Gasteiger partial charge in [-0.3, -0.25) is 0 Å². The fraction of sp³-hybridized carbons (Fsp3) is 1.00. The van der Waals surface area contributed by atoms with Gasteiger partial charge in [0.2, 0.25) is 0 Å². The zero-order chi connectivity index (χ0) is 9.97. The Labute approximate surface area is 88.1 Å². The van der Waals surface area contributed by atoms with Crippen molar-refractivity contribution in [2.24, 2.45) is 11.8 Å². The second kappa shape index (κ2) is 4.63. The van der Waals surface area contributed by atoms with E-state index in [1.54, 1.807) is 0 Å². The van der Waals surface area contributed by atoms with E-state index in [1.165, 1.54) is 45.4 Å². The Kier molecular flexibility index (Phi) is 3.45. The van der Waals surface area contributed by atoms with E-state index in [9.17, 15) is 0 Å². The van der Waals surface area contributed by atoms with Gasteiger partial charge < -0.3 is 10.2 Å². The summed E-state index contributed by atoms with van der Waals surface area (Å²) in [5.74, 6) is 1.91. The molecule has 2 nitrogen and oxygen atoms in total. The first-order chi connectivity index (χ1) is 6.79. The highest BCUT2D eigenvalue weighted by atomic mass is 15.2. The fourth-order valence-electron chi connectivity index (χ4n) is 2.42. The van der Waals surface area contributed by atoms with Crippen LogP contribution in [0.1, 0.15) is 33.1 Å². The zero-order valence-corrected chi connectivity index (χ0v) is 9.63. The van der Waals surface area contributed by atoms with Gasteiger partial charge in [-0.1, -0.05) is 13.8 Å². The Bertz CT molecular complexity index is 177. The molecule has 2 unspecified atom stereocenters. The van der Waals surface area contributed by atoms with Gasteiger partial charge in [0.05, 0.1) is 0 Å². The summed E-state index contributed by atoms with van der Waals surface area (Å²) in [6, 6.07) is 0.758. The van der Waals surface area contributed by atoms with Crippen LogP contribution in [0.25, 0.3) is 0 Å². The third kappa shape index (κ3) is 2.71. The second-order valence-electron chi connectivity index (χ2n) is 5.12. The van der Waals surface area contributed by atoms with Crippen molar-refractivity contribution in [1.82, 2.24) is 10.2 Å². The van der Waals surface area contributed by atoms with Crippen molar-refractivity contribution in [2.45, 2.75) is 39.2 Å². The van der Waals surface area contributed by atoms with Gasteiger partial charge in [0.1, 0.15) is 0 Å². The van der Waals surface area contributed by atoms with E-state index in [1.807, 2.05) is 0 Å². The molecule has 2 rings (SSSR count). The standard InChI is InChI=1S/C12H24N2/c1-3-14(8-11-4-5-11)9-12-10(2)6-7-13-12/h10-13H,3-9H2,1-2H3. The molecule has 82 valence electrons. The van der Waals surface area contributed by atoms with Crippen molar-refractivity contribution in [3.8, 4) is 0 Å². The molecule has 0 bridgehead atoms. The van der Waals surface area contributed by atoms with Gasteiger partial charge in [-0.25, -0.2) is 0 Å². The van der Waals surface area contributed by atoms with E-state index in [0.29, 0.717) is 0 Å². The highest BCUT2D eigenvalue weighted by Crippen LogP contribution is 2.30. The van der Waals surface area contributed by atoms with Crippen molar-refractivity contribution in [3.63, 3.8) is 0 Å². The predicted molar refractivity (Wildman–Crippen MR) is 60.4 cm³/mol. The maximum absolute atomic E-state index is 3.62. The molecule has 1 aliphatic carbocycles. The van der Waals surface area contributed by atoms with Gasteiger partial charge >= 0.3 is 0 Å². The summed E-state index contributed by atoms with van der Waals surface area (Å²) in [5.41, 5.74) is 0. The lowest BCUT2D eigenvalue weighted by atomic mass is 10.0. The normalized spacial score (nSPS) is 32.8. The van der Waals surface area contributed by atoms with E-state index in [-0.39, 0.29) is 0 Å². The summed E-state index contributed by atoms with van der Waals surface area (Å²) in [4.78, 5) is 2.64. The Morgan fingerprint density at radius 3 is 2.50 bits per heavy atom. The van der Waals surface area contributed by atoms with Crippen molar-refractivity contribution in [2.75, 3.05) is 26.2 Å². The average Bonchev–Trinajstić information content (AvgIpc) is 2.90. The first kappa shape index (κ1) is 10.4. The molecule has 0 aromatic rings. The van der Waals surface area contributed by atoms with Crippen molar-refractivity contribution in [3.05, 3.63) is 0 Å². The largest absolute Gasteiger partial charge is 0.312 e. The zero-order valence-electron chi connectivity index (χ0n) is 9.63. The summed E-state index contributed by atoms with van der Waals surface area (Å²) in [6.45, 7) is 9.75. The molecule has 0 amide bonds. The lowest BCUT2D eigenvalue weighted by Gasteiger charge is -2.26. The van der Waals surface area contributed by atoms with Gasteiger partial charge in [0.15, 0.2) is 0 Å². The van der Waals surface area contributed by atoms with Crippen LogP contribution in [-0.2, 0) is 0 Å². The van der Waals surface area contributed by atoms with Crippen LogP contribution in [0.15, 0.2) is 0 Å². The highest BCUT2D eigenvalue weighted by Gasteiger charge is 2.28. The molecule has 2 fully saturated rings. The van der Waals surface area contributed by atoms with Crippen LogP contribution in [0.2, 0.25) is 0 Å². The third-order valence-electron chi connectivity index (χ3n) is 3.81. The number of nitrogens with one attached hydrogen (secondary N) is 1. The smallest absolute Gasteiger partial charge is 0.0221 e. The summed E-state index contributed by atoms with van der Waals surface area (Å²) >= 11 is 0. The van der Waals surface area contributed by atoms with Gasteiger partial charge in [-0.05, 0) is 44.2 Å². The monoisotopic (exact) mass is 196 g/mol. The van der Waals surface area contributed by atoms with Crippen LogP contribution in [0.3, 0.4) is 0 Å². The van der Waals surface area contributed by atoms with Crippen LogP contribution in [0.4, 0.5) is 0 Å². The average molecular weight is 196 g/mol. The summed E-state index contributed by atoms with van der Waals surface area (Å²) in [6.07, 6.45) is 4.32. The van der Waals surface area contributed by atoms with Gasteiger partial charge in [0.25, 0.3) is 0 Å². The summed E-state index contributed by atoms with van der Waals surface area (Å²) in [5, 5.41) is 3.62. The summed E-state index contributed by atoms with van der Waals surface area (Å²) < 4.78 is 0. The Balaban J connectivity index is 1.74. The SMILES string of the molecule is CCN(CC1CC1)CC1NCCC1C. The molecule has 2 aliphatic rings. The topological polar surface area (TPSA) is 15.3 Å². The molecule has 1 N–H and O–H groups in total. The molecule has 1 aliphatic heterocycles. The quantitative estimate of drug-likeness (QED) is 0.720. The highest BCUT2D eigenvalue weighted by molar-refractivity contribution is 4.85. The van der Waals surface area contributed by atoms with Gasteiger partial charge in [0, 0.05) is 19.1 Å². The molecule has 2 heteroatoms. The molecule has 2 atom stereocenters. The maximum Gasteiger partial charge on any atom is 0.0221 e. The molecule has 1 saturated heterocycles. The lowest BCUT2D eigenvalue weighted by molar-refractivity contribution is 0.235.